The van der Waals surface area contributed by atoms with E-state index in [0.717, 1.165) is 28.5 Å². The molecule has 0 amide bonds. The molecule has 0 aliphatic carbocycles. The molecule has 2 atom stereocenters. The summed E-state index contributed by atoms with van der Waals surface area (Å²) in [4.78, 5) is 0. The van der Waals surface area contributed by atoms with E-state index in [4.69, 9.17) is 4.74 Å². The van der Waals surface area contributed by atoms with Gasteiger partial charge >= 0.3 is 0 Å². The molecule has 1 aliphatic heterocycles. The van der Waals surface area contributed by atoms with Gasteiger partial charge in [-0.15, -0.1) is 0 Å². The van der Waals surface area contributed by atoms with Crippen molar-refractivity contribution in [3.8, 4) is 0 Å². The molecular formula is C15H21Br2NO. The van der Waals surface area contributed by atoms with Gasteiger partial charge in [0, 0.05) is 33.6 Å². The Labute approximate surface area is 132 Å². The molecule has 2 unspecified atom stereocenters. The van der Waals surface area contributed by atoms with Gasteiger partial charge in [-0.1, -0.05) is 6.07 Å². The number of nitrogens with one attached hydrogen (secondary N) is 1. The number of ether oxygens (including phenoxy) is 1. The average molecular weight is 391 g/mol. The van der Waals surface area contributed by atoms with Gasteiger partial charge in [0.15, 0.2) is 0 Å². The molecule has 1 fully saturated rings. The highest BCUT2D eigenvalue weighted by molar-refractivity contribution is 9.13. The molecule has 0 radical (unpaired) electrons. The number of benzene rings is 1. The van der Waals surface area contributed by atoms with Gasteiger partial charge in [0.1, 0.15) is 0 Å². The van der Waals surface area contributed by atoms with Gasteiger partial charge in [0.25, 0.3) is 0 Å². The van der Waals surface area contributed by atoms with Crippen LogP contribution in [0, 0.1) is 5.92 Å². The molecule has 4 heteroatoms. The SMILES string of the molecule is CC(C)(C)NCC1CCOC1c1ccc(Br)c(Br)c1. The predicted molar refractivity (Wildman–Crippen MR) is 86.4 cm³/mol. The minimum atomic E-state index is 0.160. The van der Waals surface area contributed by atoms with Crippen molar-refractivity contribution in [1.29, 1.82) is 0 Å². The third-order valence-corrected chi connectivity index (χ3v) is 5.26. The average Bonchev–Trinajstić information content (AvgIpc) is 2.77. The first-order chi connectivity index (χ1) is 8.87. The molecule has 1 saturated heterocycles. The van der Waals surface area contributed by atoms with Gasteiger partial charge in [0.2, 0.25) is 0 Å². The molecule has 0 aromatic heterocycles. The molecule has 1 aliphatic rings. The maximum Gasteiger partial charge on any atom is 0.0866 e. The van der Waals surface area contributed by atoms with E-state index in [1.54, 1.807) is 0 Å². The summed E-state index contributed by atoms with van der Waals surface area (Å²) in [5, 5.41) is 3.59. The van der Waals surface area contributed by atoms with Gasteiger partial charge in [-0.3, -0.25) is 0 Å². The lowest BCUT2D eigenvalue weighted by Crippen LogP contribution is -2.39. The summed E-state index contributed by atoms with van der Waals surface area (Å²) in [6, 6.07) is 6.38. The van der Waals surface area contributed by atoms with E-state index in [-0.39, 0.29) is 11.6 Å². The smallest absolute Gasteiger partial charge is 0.0866 e. The summed E-state index contributed by atoms with van der Waals surface area (Å²) in [6.45, 7) is 8.47. The van der Waals surface area contributed by atoms with Crippen LogP contribution in [0.4, 0.5) is 0 Å². The zero-order valence-electron chi connectivity index (χ0n) is 11.7. The third kappa shape index (κ3) is 4.28. The van der Waals surface area contributed by atoms with Crippen LogP contribution in [0.15, 0.2) is 27.1 Å². The number of halogens is 2. The van der Waals surface area contributed by atoms with Crippen LogP contribution >= 0.6 is 31.9 Å². The lowest BCUT2D eigenvalue weighted by atomic mass is 9.94. The normalized spacial score (nSPS) is 23.8. The number of rotatable bonds is 3. The van der Waals surface area contributed by atoms with Crippen LogP contribution in [0.5, 0.6) is 0 Å². The maximum atomic E-state index is 5.94. The second kappa shape index (κ2) is 6.25. The van der Waals surface area contributed by atoms with Crippen molar-refractivity contribution >= 4 is 31.9 Å². The van der Waals surface area contributed by atoms with Crippen LogP contribution in [-0.2, 0) is 4.74 Å². The van der Waals surface area contributed by atoms with E-state index in [1.807, 2.05) is 0 Å². The summed E-state index contributed by atoms with van der Waals surface area (Å²) in [5.74, 6) is 0.548. The molecule has 0 spiro atoms. The Morgan fingerprint density at radius 2 is 2.00 bits per heavy atom. The Morgan fingerprint density at radius 3 is 2.63 bits per heavy atom. The van der Waals surface area contributed by atoms with Gasteiger partial charge in [-0.25, -0.2) is 0 Å². The lowest BCUT2D eigenvalue weighted by Gasteiger charge is -2.26. The van der Waals surface area contributed by atoms with Gasteiger partial charge in [-0.2, -0.15) is 0 Å². The molecule has 0 bridgehead atoms. The Hall–Kier alpha value is 0.1000. The summed E-state index contributed by atoms with van der Waals surface area (Å²) in [5.41, 5.74) is 1.42. The largest absolute Gasteiger partial charge is 0.373 e. The summed E-state index contributed by atoms with van der Waals surface area (Å²) < 4.78 is 8.10. The van der Waals surface area contributed by atoms with E-state index in [2.05, 4.69) is 76.1 Å². The minimum absolute atomic E-state index is 0.160. The van der Waals surface area contributed by atoms with E-state index in [0.29, 0.717) is 5.92 Å². The summed E-state index contributed by atoms with van der Waals surface area (Å²) in [7, 11) is 0. The van der Waals surface area contributed by atoms with E-state index < -0.39 is 0 Å². The van der Waals surface area contributed by atoms with E-state index >= 15 is 0 Å². The minimum Gasteiger partial charge on any atom is -0.373 e. The fraction of sp³-hybridized carbons (Fsp3) is 0.600. The fourth-order valence-corrected chi connectivity index (χ4v) is 2.98. The Morgan fingerprint density at radius 1 is 1.26 bits per heavy atom. The van der Waals surface area contributed by atoms with Crippen molar-refractivity contribution in [2.75, 3.05) is 13.2 Å². The summed E-state index contributed by atoms with van der Waals surface area (Å²) in [6.07, 6.45) is 1.33. The van der Waals surface area contributed by atoms with Crippen LogP contribution in [-0.4, -0.2) is 18.7 Å². The van der Waals surface area contributed by atoms with Crippen LogP contribution < -0.4 is 5.32 Å². The van der Waals surface area contributed by atoms with E-state index in [1.165, 1.54) is 5.56 Å². The van der Waals surface area contributed by atoms with Crippen molar-refractivity contribution < 1.29 is 4.74 Å². The van der Waals surface area contributed by atoms with Crippen LogP contribution in [0.3, 0.4) is 0 Å². The first-order valence-electron chi connectivity index (χ1n) is 6.68. The highest BCUT2D eigenvalue weighted by Gasteiger charge is 2.30. The Balaban J connectivity index is 2.07. The van der Waals surface area contributed by atoms with Crippen molar-refractivity contribution in [3.05, 3.63) is 32.7 Å². The quantitative estimate of drug-likeness (QED) is 0.808. The number of hydrogen-bond donors (Lipinski definition) is 1. The summed E-state index contributed by atoms with van der Waals surface area (Å²) >= 11 is 7.08. The maximum absolute atomic E-state index is 5.94. The molecule has 1 aromatic rings. The first kappa shape index (κ1) is 15.5. The lowest BCUT2D eigenvalue weighted by molar-refractivity contribution is 0.0889. The van der Waals surface area contributed by atoms with Gasteiger partial charge in [0.05, 0.1) is 6.10 Å². The highest BCUT2D eigenvalue weighted by Crippen LogP contribution is 2.36. The molecule has 2 nitrogen and oxygen atoms in total. The predicted octanol–water partition coefficient (Wildman–Crippen LogP) is 4.68. The van der Waals surface area contributed by atoms with Crippen LogP contribution in [0.1, 0.15) is 38.9 Å². The Bertz CT molecular complexity index is 442. The third-order valence-electron chi connectivity index (χ3n) is 3.38. The van der Waals surface area contributed by atoms with Crippen molar-refractivity contribution in [2.24, 2.45) is 5.92 Å². The molecule has 1 heterocycles. The van der Waals surface area contributed by atoms with Crippen molar-refractivity contribution in [1.82, 2.24) is 5.32 Å². The molecule has 2 rings (SSSR count). The van der Waals surface area contributed by atoms with Crippen LogP contribution in [0.25, 0.3) is 0 Å². The monoisotopic (exact) mass is 389 g/mol. The Kier molecular flexibility index (Phi) is 5.09. The fourth-order valence-electron chi connectivity index (χ4n) is 2.34. The molecule has 1 aromatic carbocycles. The molecule has 106 valence electrons. The number of hydrogen-bond acceptors (Lipinski definition) is 2. The topological polar surface area (TPSA) is 21.3 Å². The second-order valence-corrected chi connectivity index (χ2v) is 7.85. The standard InChI is InChI=1S/C15H21Br2NO/c1-15(2,3)18-9-11-6-7-19-14(11)10-4-5-12(16)13(17)8-10/h4-5,8,11,14,18H,6-7,9H2,1-3H3. The zero-order chi connectivity index (χ0) is 14.0. The van der Waals surface area contributed by atoms with Crippen molar-refractivity contribution in [2.45, 2.75) is 38.8 Å². The first-order valence-corrected chi connectivity index (χ1v) is 8.27. The van der Waals surface area contributed by atoms with E-state index in [9.17, 15) is 0 Å². The molecule has 1 N–H and O–H groups in total. The van der Waals surface area contributed by atoms with Crippen LogP contribution in [0.2, 0.25) is 0 Å². The highest BCUT2D eigenvalue weighted by atomic mass is 79.9. The molecule has 19 heavy (non-hydrogen) atoms. The molecular weight excluding hydrogens is 370 g/mol. The van der Waals surface area contributed by atoms with Crippen molar-refractivity contribution in [3.63, 3.8) is 0 Å². The zero-order valence-corrected chi connectivity index (χ0v) is 14.8. The second-order valence-electron chi connectivity index (χ2n) is 6.14. The molecule has 0 saturated carbocycles. The van der Waals surface area contributed by atoms with Gasteiger partial charge in [-0.05, 0) is 76.7 Å². The van der Waals surface area contributed by atoms with Gasteiger partial charge < -0.3 is 10.1 Å².